The molecule has 0 heterocycles. The van der Waals surface area contributed by atoms with Crippen molar-refractivity contribution in [1.82, 2.24) is 0 Å². The minimum atomic E-state index is -4.68. The number of primary amides is 1. The highest BCUT2D eigenvalue weighted by molar-refractivity contribution is 5.98. The standard InChI is InChI=1S/C29H32F3N3O3/c30-29(31,32)24-16-23(13-14-25(24)33)35-27(37)28(38,22-7-2-1-3-8-22)17-18-5-4-6-21(15-18)19-9-11-20(12-10-19)26(34)36/h4-6,9-11,13-16,20,22,38H,1-3,7-8,12,17,33H2,(H2,34,36)(H,35,37). The van der Waals surface area contributed by atoms with Gasteiger partial charge in [-0.2, -0.15) is 13.2 Å². The van der Waals surface area contributed by atoms with Gasteiger partial charge in [0.1, 0.15) is 5.60 Å². The van der Waals surface area contributed by atoms with Crippen molar-refractivity contribution < 1.29 is 27.9 Å². The molecule has 0 spiro atoms. The Labute approximate surface area is 219 Å². The monoisotopic (exact) mass is 527 g/mol. The van der Waals surface area contributed by atoms with Crippen LogP contribution in [0.5, 0.6) is 0 Å². The molecule has 2 unspecified atom stereocenters. The van der Waals surface area contributed by atoms with Crippen molar-refractivity contribution in [3.05, 3.63) is 77.4 Å². The molecule has 9 heteroatoms. The maximum absolute atomic E-state index is 13.5. The van der Waals surface area contributed by atoms with Gasteiger partial charge in [0.25, 0.3) is 5.91 Å². The Morgan fingerprint density at radius 1 is 1.05 bits per heavy atom. The summed E-state index contributed by atoms with van der Waals surface area (Å²) in [5, 5.41) is 14.4. The number of nitrogen functional groups attached to an aromatic ring is 1. The Kier molecular flexibility index (Phi) is 7.97. The van der Waals surface area contributed by atoms with Crippen LogP contribution >= 0.6 is 0 Å². The Balaban J connectivity index is 1.60. The van der Waals surface area contributed by atoms with Crippen LogP contribution in [-0.2, 0) is 22.2 Å². The van der Waals surface area contributed by atoms with Crippen molar-refractivity contribution >= 4 is 28.8 Å². The molecule has 38 heavy (non-hydrogen) atoms. The summed E-state index contributed by atoms with van der Waals surface area (Å²) in [4.78, 5) is 25.0. The van der Waals surface area contributed by atoms with E-state index in [0.29, 0.717) is 24.8 Å². The van der Waals surface area contributed by atoms with E-state index in [1.165, 1.54) is 6.07 Å². The van der Waals surface area contributed by atoms with Crippen LogP contribution in [0, 0.1) is 11.8 Å². The van der Waals surface area contributed by atoms with Gasteiger partial charge in [-0.25, -0.2) is 0 Å². The molecule has 0 saturated heterocycles. The van der Waals surface area contributed by atoms with E-state index in [1.807, 2.05) is 36.4 Å². The molecule has 2 atom stereocenters. The van der Waals surface area contributed by atoms with E-state index in [0.717, 1.165) is 42.5 Å². The van der Waals surface area contributed by atoms with Gasteiger partial charge in [-0.05, 0) is 60.1 Å². The quantitative estimate of drug-likeness (QED) is 0.369. The number of nitrogens with two attached hydrogens (primary N) is 2. The fraction of sp³-hybridized carbons (Fsp3) is 0.379. The van der Waals surface area contributed by atoms with E-state index in [4.69, 9.17) is 11.5 Å². The SMILES string of the molecule is NC(=O)C1C=CC(c2cccc(CC(O)(C(=O)Nc3ccc(N)c(C(F)(F)F)c3)C3CCCCC3)c2)=CC1. The third-order valence-electron chi connectivity index (χ3n) is 7.49. The van der Waals surface area contributed by atoms with Crippen LogP contribution in [0.2, 0.25) is 0 Å². The molecule has 2 amide bonds. The number of halogens is 3. The zero-order chi connectivity index (χ0) is 27.5. The Hall–Kier alpha value is -3.59. The van der Waals surface area contributed by atoms with Gasteiger partial charge in [0, 0.05) is 17.8 Å². The number of aliphatic hydroxyl groups is 1. The fourth-order valence-corrected chi connectivity index (χ4v) is 5.33. The van der Waals surface area contributed by atoms with E-state index in [9.17, 15) is 27.9 Å². The van der Waals surface area contributed by atoms with E-state index in [1.54, 1.807) is 6.08 Å². The zero-order valence-electron chi connectivity index (χ0n) is 20.9. The lowest BCUT2D eigenvalue weighted by Crippen LogP contribution is -2.51. The molecule has 2 aliphatic rings. The average molecular weight is 528 g/mol. The predicted octanol–water partition coefficient (Wildman–Crippen LogP) is 5.23. The first kappa shape index (κ1) is 27.4. The fourth-order valence-electron chi connectivity index (χ4n) is 5.33. The van der Waals surface area contributed by atoms with Crippen molar-refractivity contribution in [2.45, 2.75) is 56.7 Å². The summed E-state index contributed by atoms with van der Waals surface area (Å²) < 4.78 is 40.1. The first-order chi connectivity index (χ1) is 18.0. The van der Waals surface area contributed by atoms with Gasteiger partial charge in [-0.15, -0.1) is 0 Å². The number of benzene rings is 2. The Bertz CT molecular complexity index is 1270. The van der Waals surface area contributed by atoms with Gasteiger partial charge in [-0.3, -0.25) is 9.59 Å². The van der Waals surface area contributed by atoms with Crippen LogP contribution in [0.4, 0.5) is 24.5 Å². The lowest BCUT2D eigenvalue weighted by Gasteiger charge is -2.37. The molecule has 202 valence electrons. The highest BCUT2D eigenvalue weighted by Gasteiger charge is 2.44. The van der Waals surface area contributed by atoms with Gasteiger partial charge >= 0.3 is 6.18 Å². The molecule has 0 aromatic heterocycles. The van der Waals surface area contributed by atoms with Gasteiger partial charge < -0.3 is 21.9 Å². The topological polar surface area (TPSA) is 118 Å². The van der Waals surface area contributed by atoms with Crippen molar-refractivity contribution in [3.8, 4) is 0 Å². The van der Waals surface area contributed by atoms with Crippen LogP contribution in [-0.4, -0.2) is 22.5 Å². The van der Waals surface area contributed by atoms with Crippen molar-refractivity contribution in [3.63, 3.8) is 0 Å². The lowest BCUT2D eigenvalue weighted by atomic mass is 9.73. The Morgan fingerprint density at radius 3 is 2.42 bits per heavy atom. The van der Waals surface area contributed by atoms with E-state index >= 15 is 0 Å². The summed E-state index contributed by atoms with van der Waals surface area (Å²) in [6.45, 7) is 0. The van der Waals surface area contributed by atoms with Gasteiger partial charge in [0.15, 0.2) is 0 Å². The van der Waals surface area contributed by atoms with Crippen LogP contribution < -0.4 is 16.8 Å². The van der Waals surface area contributed by atoms with Crippen LogP contribution in [0.1, 0.15) is 55.2 Å². The molecule has 6 N–H and O–H groups in total. The number of allylic oxidation sites excluding steroid dienone is 3. The minimum absolute atomic E-state index is 0.000649. The number of carbonyl (C=O) groups is 2. The predicted molar refractivity (Wildman–Crippen MR) is 141 cm³/mol. The summed E-state index contributed by atoms with van der Waals surface area (Å²) in [7, 11) is 0. The number of nitrogens with one attached hydrogen (secondary N) is 1. The summed E-state index contributed by atoms with van der Waals surface area (Å²) in [5.41, 5.74) is 9.96. The van der Waals surface area contributed by atoms with Gasteiger partial charge in [0.2, 0.25) is 5.91 Å². The second-order valence-corrected chi connectivity index (χ2v) is 10.2. The molecule has 2 aliphatic carbocycles. The number of hydrogen-bond acceptors (Lipinski definition) is 4. The van der Waals surface area contributed by atoms with Crippen LogP contribution in [0.15, 0.2) is 60.7 Å². The molecule has 0 aliphatic heterocycles. The molecule has 0 radical (unpaired) electrons. The molecule has 1 saturated carbocycles. The van der Waals surface area contributed by atoms with Gasteiger partial charge in [-0.1, -0.05) is 61.8 Å². The summed E-state index contributed by atoms with van der Waals surface area (Å²) in [6, 6.07) is 10.6. The van der Waals surface area contributed by atoms with Crippen LogP contribution in [0.25, 0.3) is 5.57 Å². The van der Waals surface area contributed by atoms with E-state index in [2.05, 4.69) is 5.32 Å². The summed E-state index contributed by atoms with van der Waals surface area (Å²) in [5.74, 6) is -1.83. The van der Waals surface area contributed by atoms with Crippen LogP contribution in [0.3, 0.4) is 0 Å². The zero-order valence-corrected chi connectivity index (χ0v) is 20.9. The third kappa shape index (κ3) is 6.10. The van der Waals surface area contributed by atoms with Crippen molar-refractivity contribution in [1.29, 1.82) is 0 Å². The minimum Gasteiger partial charge on any atom is -0.398 e. The van der Waals surface area contributed by atoms with E-state index in [-0.39, 0.29) is 23.9 Å². The van der Waals surface area contributed by atoms with E-state index < -0.39 is 34.8 Å². The molecule has 4 rings (SSSR count). The first-order valence-corrected chi connectivity index (χ1v) is 12.7. The Morgan fingerprint density at radius 2 is 1.79 bits per heavy atom. The lowest BCUT2D eigenvalue weighted by molar-refractivity contribution is -0.142. The first-order valence-electron chi connectivity index (χ1n) is 12.7. The molecule has 6 nitrogen and oxygen atoms in total. The maximum Gasteiger partial charge on any atom is 0.418 e. The average Bonchev–Trinajstić information content (AvgIpc) is 2.89. The highest BCUT2D eigenvalue weighted by Crippen LogP contribution is 2.38. The largest absolute Gasteiger partial charge is 0.418 e. The maximum atomic E-state index is 13.5. The number of hydrogen-bond donors (Lipinski definition) is 4. The highest BCUT2D eigenvalue weighted by atomic mass is 19.4. The second-order valence-electron chi connectivity index (χ2n) is 10.2. The molecular formula is C29H32F3N3O3. The second kappa shape index (κ2) is 11.0. The number of anilines is 2. The van der Waals surface area contributed by atoms with Crippen molar-refractivity contribution in [2.24, 2.45) is 17.6 Å². The molecule has 0 bridgehead atoms. The molecule has 1 fully saturated rings. The number of amides is 2. The smallest absolute Gasteiger partial charge is 0.398 e. The third-order valence-corrected chi connectivity index (χ3v) is 7.49. The number of alkyl halides is 3. The molecule has 2 aromatic carbocycles. The van der Waals surface area contributed by atoms with Gasteiger partial charge in [0.05, 0.1) is 11.5 Å². The number of rotatable bonds is 7. The van der Waals surface area contributed by atoms with Crippen molar-refractivity contribution in [2.75, 3.05) is 11.1 Å². The summed E-state index contributed by atoms with van der Waals surface area (Å²) in [6.07, 6.45) is 5.33. The molecule has 2 aromatic rings. The molecular weight excluding hydrogens is 495 g/mol. The number of carbonyl (C=O) groups excluding carboxylic acids is 2. The normalized spacial score (nSPS) is 19.9. The summed E-state index contributed by atoms with van der Waals surface area (Å²) >= 11 is 0.